The molecule has 2 aromatic heterocycles. The van der Waals surface area contributed by atoms with Crippen LogP contribution in [0.5, 0.6) is 0 Å². The molecule has 118 valence electrons. The van der Waals surface area contributed by atoms with E-state index in [1.54, 1.807) is 11.0 Å². The molecule has 0 amide bonds. The summed E-state index contributed by atoms with van der Waals surface area (Å²) < 4.78 is 7.85. The summed E-state index contributed by atoms with van der Waals surface area (Å²) in [6, 6.07) is 0. The Morgan fingerprint density at radius 1 is 1.36 bits per heavy atom. The molecule has 1 saturated carbocycles. The normalized spacial score (nSPS) is 25.0. The molecule has 2 fully saturated rings. The Balaban J connectivity index is 1.26. The van der Waals surface area contributed by atoms with Crippen molar-refractivity contribution < 1.29 is 4.74 Å². The lowest BCUT2D eigenvalue weighted by Crippen LogP contribution is -2.27. The molecule has 2 atom stereocenters. The molecule has 1 aliphatic heterocycles. The summed E-state index contributed by atoms with van der Waals surface area (Å²) in [6.07, 6.45) is 6.32. The van der Waals surface area contributed by atoms with Gasteiger partial charge in [-0.25, -0.2) is 9.97 Å². The maximum Gasteiger partial charge on any atom is 0.153 e. The van der Waals surface area contributed by atoms with Crippen molar-refractivity contribution in [3.8, 4) is 0 Å². The molecule has 4 rings (SSSR count). The molecule has 1 saturated heterocycles. The fraction of sp³-hybridized carbons (Fsp3) is 0.714. The maximum atomic E-state index is 6.07. The molecule has 0 spiro atoms. The van der Waals surface area contributed by atoms with Gasteiger partial charge in [0.1, 0.15) is 18.3 Å². The lowest BCUT2D eigenvalue weighted by Gasteiger charge is -2.12. The van der Waals surface area contributed by atoms with Gasteiger partial charge in [0.15, 0.2) is 11.6 Å². The van der Waals surface area contributed by atoms with E-state index in [1.165, 1.54) is 12.8 Å². The zero-order valence-electron chi connectivity index (χ0n) is 12.7. The fourth-order valence-electron chi connectivity index (χ4n) is 2.84. The molecule has 3 heterocycles. The van der Waals surface area contributed by atoms with Crippen LogP contribution in [0.4, 0.5) is 0 Å². The first-order valence-electron chi connectivity index (χ1n) is 7.91. The molecule has 8 heteroatoms. The van der Waals surface area contributed by atoms with Crippen LogP contribution in [0.1, 0.15) is 55.2 Å². The first-order valence-corrected chi connectivity index (χ1v) is 7.91. The Bertz CT molecular complexity index is 633. The van der Waals surface area contributed by atoms with Gasteiger partial charge in [-0.1, -0.05) is 0 Å². The molecule has 2 N–H and O–H groups in total. The fourth-order valence-corrected chi connectivity index (χ4v) is 2.84. The minimum absolute atomic E-state index is 0.0571. The number of ether oxygens (including phenoxy) is 1. The Morgan fingerprint density at radius 3 is 3.05 bits per heavy atom. The number of hydrogen-bond donors (Lipinski definition) is 2. The number of aromatic nitrogens is 6. The van der Waals surface area contributed by atoms with Gasteiger partial charge in [0.2, 0.25) is 0 Å². The van der Waals surface area contributed by atoms with E-state index in [-0.39, 0.29) is 12.2 Å². The van der Waals surface area contributed by atoms with Crippen molar-refractivity contribution in [1.29, 1.82) is 0 Å². The van der Waals surface area contributed by atoms with Gasteiger partial charge in [-0.05, 0) is 25.7 Å². The summed E-state index contributed by atoms with van der Waals surface area (Å²) in [5.41, 5.74) is 0. The summed E-state index contributed by atoms with van der Waals surface area (Å²) in [7, 11) is 1.90. The highest BCUT2D eigenvalue weighted by Crippen LogP contribution is 2.39. The lowest BCUT2D eigenvalue weighted by molar-refractivity contribution is 0.0399. The van der Waals surface area contributed by atoms with E-state index in [0.29, 0.717) is 12.5 Å². The number of hydrogen-bond acceptors (Lipinski definition) is 6. The number of nitrogens with one attached hydrogen (secondary N) is 2. The van der Waals surface area contributed by atoms with E-state index < -0.39 is 0 Å². The molecule has 0 radical (unpaired) electrons. The second-order valence-corrected chi connectivity index (χ2v) is 6.11. The average molecular weight is 303 g/mol. The molecule has 2 aliphatic rings. The van der Waals surface area contributed by atoms with E-state index in [4.69, 9.17) is 4.74 Å². The van der Waals surface area contributed by atoms with Crippen LogP contribution in [0.3, 0.4) is 0 Å². The predicted molar refractivity (Wildman–Crippen MR) is 77.9 cm³/mol. The number of aromatic amines is 1. The van der Waals surface area contributed by atoms with Gasteiger partial charge in [-0.15, -0.1) is 0 Å². The summed E-state index contributed by atoms with van der Waals surface area (Å²) in [4.78, 5) is 8.78. The van der Waals surface area contributed by atoms with Crippen molar-refractivity contribution in [2.24, 2.45) is 7.05 Å². The molecular formula is C14H21N7O. The van der Waals surface area contributed by atoms with Crippen molar-refractivity contribution in [2.45, 2.75) is 50.4 Å². The third-order valence-electron chi connectivity index (χ3n) is 4.34. The van der Waals surface area contributed by atoms with E-state index in [2.05, 4.69) is 30.6 Å². The number of H-pyrrole nitrogens is 1. The van der Waals surface area contributed by atoms with Gasteiger partial charge >= 0.3 is 0 Å². The minimum atomic E-state index is 0.0571. The molecule has 22 heavy (non-hydrogen) atoms. The second-order valence-electron chi connectivity index (χ2n) is 6.11. The Labute approximate surface area is 128 Å². The number of nitrogens with zero attached hydrogens (tertiary/aromatic N) is 5. The van der Waals surface area contributed by atoms with Gasteiger partial charge < -0.3 is 10.1 Å². The Hall–Kier alpha value is -1.80. The van der Waals surface area contributed by atoms with Crippen LogP contribution in [0.2, 0.25) is 0 Å². The largest absolute Gasteiger partial charge is 0.366 e. The third kappa shape index (κ3) is 2.89. The van der Waals surface area contributed by atoms with Crippen molar-refractivity contribution in [3.05, 3.63) is 23.8 Å². The molecule has 1 aliphatic carbocycles. The summed E-state index contributed by atoms with van der Waals surface area (Å²) in [5, 5.41) is 14.8. The molecular weight excluding hydrogens is 282 g/mol. The predicted octanol–water partition coefficient (Wildman–Crippen LogP) is 0.820. The van der Waals surface area contributed by atoms with E-state index in [9.17, 15) is 0 Å². The van der Waals surface area contributed by atoms with Crippen LogP contribution in [-0.4, -0.2) is 42.6 Å². The zero-order chi connectivity index (χ0) is 14.9. The average Bonchev–Trinajstić information content (AvgIpc) is 2.91. The van der Waals surface area contributed by atoms with Crippen molar-refractivity contribution in [1.82, 2.24) is 35.3 Å². The smallest absolute Gasteiger partial charge is 0.153 e. The summed E-state index contributed by atoms with van der Waals surface area (Å²) >= 11 is 0. The third-order valence-corrected chi connectivity index (χ3v) is 4.34. The van der Waals surface area contributed by atoms with Crippen LogP contribution >= 0.6 is 0 Å². The van der Waals surface area contributed by atoms with Crippen LogP contribution in [0.25, 0.3) is 0 Å². The molecule has 0 aromatic carbocycles. The van der Waals surface area contributed by atoms with Crippen LogP contribution < -0.4 is 5.32 Å². The van der Waals surface area contributed by atoms with Gasteiger partial charge in [0.25, 0.3) is 0 Å². The quantitative estimate of drug-likeness (QED) is 0.820. The topological polar surface area (TPSA) is 93.5 Å². The van der Waals surface area contributed by atoms with Gasteiger partial charge in [-0.2, -0.15) is 10.2 Å². The minimum Gasteiger partial charge on any atom is -0.366 e. The van der Waals surface area contributed by atoms with Crippen molar-refractivity contribution in [3.63, 3.8) is 0 Å². The van der Waals surface area contributed by atoms with Crippen molar-refractivity contribution >= 4 is 0 Å². The Morgan fingerprint density at radius 2 is 2.27 bits per heavy atom. The standard InChI is InChI=1S/C14H21N7O/c1-21-12(16-8-17-21)7-15-6-10-4-5-11(22-10)14-18-13(19-20-14)9-2-3-9/h8-11,15H,2-7H2,1H3,(H,18,19,20)/t10-,11+/m1/s1. The highest BCUT2D eigenvalue weighted by Gasteiger charge is 2.32. The highest BCUT2D eigenvalue weighted by molar-refractivity contribution is 5.06. The number of rotatable bonds is 6. The van der Waals surface area contributed by atoms with E-state index in [0.717, 1.165) is 36.9 Å². The number of aryl methyl sites for hydroxylation is 1. The highest BCUT2D eigenvalue weighted by atomic mass is 16.5. The van der Waals surface area contributed by atoms with Gasteiger partial charge in [0.05, 0.1) is 12.6 Å². The Kier molecular flexibility index (Phi) is 3.63. The SMILES string of the molecule is Cn1ncnc1CNC[C@H]1CC[C@@H](c2nc(C3CC3)n[nH]2)O1. The van der Waals surface area contributed by atoms with Crippen LogP contribution in [-0.2, 0) is 18.3 Å². The molecule has 0 unspecified atom stereocenters. The first kappa shape index (κ1) is 13.8. The van der Waals surface area contributed by atoms with Crippen molar-refractivity contribution in [2.75, 3.05) is 6.54 Å². The molecule has 0 bridgehead atoms. The lowest BCUT2D eigenvalue weighted by atomic mass is 10.2. The van der Waals surface area contributed by atoms with E-state index in [1.807, 2.05) is 7.05 Å². The molecule has 8 nitrogen and oxygen atoms in total. The molecule has 2 aromatic rings. The van der Waals surface area contributed by atoms with Crippen LogP contribution in [0.15, 0.2) is 6.33 Å². The van der Waals surface area contributed by atoms with Gasteiger partial charge in [-0.3, -0.25) is 9.78 Å². The first-order chi connectivity index (χ1) is 10.8. The summed E-state index contributed by atoms with van der Waals surface area (Å²) in [6.45, 7) is 1.52. The monoisotopic (exact) mass is 303 g/mol. The zero-order valence-corrected chi connectivity index (χ0v) is 12.7. The summed E-state index contributed by atoms with van der Waals surface area (Å²) in [5.74, 6) is 3.36. The second kappa shape index (κ2) is 5.77. The van der Waals surface area contributed by atoms with Gasteiger partial charge in [0, 0.05) is 19.5 Å². The maximum absolute atomic E-state index is 6.07. The van der Waals surface area contributed by atoms with Crippen LogP contribution in [0, 0.1) is 0 Å². The van der Waals surface area contributed by atoms with E-state index >= 15 is 0 Å².